The van der Waals surface area contributed by atoms with Crippen molar-refractivity contribution in [1.29, 1.82) is 0 Å². The molecule has 3 amide bonds. The van der Waals surface area contributed by atoms with Crippen molar-refractivity contribution in [2.45, 2.75) is 114 Å². The molecule has 12 nitrogen and oxygen atoms in total. The Morgan fingerprint density at radius 1 is 0.932 bits per heavy atom. The van der Waals surface area contributed by atoms with E-state index in [9.17, 15) is 27.6 Å². The standard InChI is InChI=1S/C44H64F3N9O3/c1-29-4-5-33(23-31(29)7-9-36-26-49-39-3-2-15-50-56(36)39)42(58)51-35-8-6-34(38(25-35)44(45,46)47)28-54-21-19-53(20-22-54)27-30-13-17-55(18-14-30)40-24-32(12-16-48-40)37-10-11-41(57)52-43(37)59/h12,16,24,29-31,33-39,49-50H,2-6,8,10-11,13-15,17-23,25-28H2,1H3,(H,51,58)(H,52,57,59). The first-order valence-electron chi connectivity index (χ1n) is 22.6. The predicted octanol–water partition coefficient (Wildman–Crippen LogP) is 3.85. The number of piperazine rings is 1. The van der Waals surface area contributed by atoms with Crippen molar-refractivity contribution >= 4 is 23.5 Å². The third kappa shape index (κ3) is 10.4. The fraction of sp³-hybridized carbons (Fsp3) is 0.773. The molecule has 7 fully saturated rings. The van der Waals surface area contributed by atoms with Crippen LogP contribution in [-0.2, 0) is 14.4 Å². The number of amides is 3. The second-order valence-electron chi connectivity index (χ2n) is 18.7. The first-order chi connectivity index (χ1) is 28.5. The van der Waals surface area contributed by atoms with Gasteiger partial charge < -0.3 is 20.0 Å². The number of nitrogens with zero attached hydrogens (tertiary/aromatic N) is 5. The Labute approximate surface area is 347 Å². The van der Waals surface area contributed by atoms with Crippen LogP contribution in [0.2, 0.25) is 0 Å². The van der Waals surface area contributed by atoms with Gasteiger partial charge in [0.25, 0.3) is 0 Å². The van der Waals surface area contributed by atoms with Gasteiger partial charge in [0.15, 0.2) is 0 Å². The highest BCUT2D eigenvalue weighted by atomic mass is 19.4. The summed E-state index contributed by atoms with van der Waals surface area (Å²) in [7, 11) is 0. The number of hydrogen-bond acceptors (Lipinski definition) is 10. The van der Waals surface area contributed by atoms with Gasteiger partial charge in [0.2, 0.25) is 17.7 Å². The molecule has 0 radical (unpaired) electrons. The van der Waals surface area contributed by atoms with E-state index in [2.05, 4.69) is 64.8 Å². The number of alkyl halides is 3. The van der Waals surface area contributed by atoms with Crippen molar-refractivity contribution in [3.63, 3.8) is 0 Å². The van der Waals surface area contributed by atoms with E-state index in [-0.39, 0.29) is 47.9 Å². The molecule has 0 spiro atoms. The highest BCUT2D eigenvalue weighted by molar-refractivity contribution is 6.01. The number of anilines is 1. The number of piperidine rings is 2. The van der Waals surface area contributed by atoms with Crippen molar-refractivity contribution in [1.82, 2.24) is 41.2 Å². The molecule has 15 heteroatoms. The second kappa shape index (κ2) is 18.8. The lowest BCUT2D eigenvalue weighted by Gasteiger charge is -2.43. The van der Waals surface area contributed by atoms with E-state index >= 15 is 0 Å². The van der Waals surface area contributed by atoms with Gasteiger partial charge >= 0.3 is 6.18 Å². The van der Waals surface area contributed by atoms with Crippen molar-refractivity contribution < 1.29 is 27.6 Å². The van der Waals surface area contributed by atoms with Gasteiger partial charge in [-0.2, -0.15) is 13.2 Å². The summed E-state index contributed by atoms with van der Waals surface area (Å²) in [4.78, 5) is 49.2. The molecule has 2 saturated carbocycles. The van der Waals surface area contributed by atoms with Gasteiger partial charge in [-0.05, 0) is 106 Å². The van der Waals surface area contributed by atoms with E-state index in [1.54, 1.807) is 6.20 Å². The maximum Gasteiger partial charge on any atom is 0.392 e. The minimum absolute atomic E-state index is 0.0413. The number of imide groups is 1. The Hall–Kier alpha value is -3.29. The van der Waals surface area contributed by atoms with E-state index < -0.39 is 24.1 Å². The van der Waals surface area contributed by atoms with Gasteiger partial charge in [-0.1, -0.05) is 18.8 Å². The van der Waals surface area contributed by atoms with E-state index in [0.717, 1.165) is 109 Å². The zero-order chi connectivity index (χ0) is 41.1. The summed E-state index contributed by atoms with van der Waals surface area (Å²) in [5, 5.41) is 11.3. The molecule has 9 unspecified atom stereocenters. The number of halogens is 3. The Morgan fingerprint density at radius 2 is 1.71 bits per heavy atom. The summed E-state index contributed by atoms with van der Waals surface area (Å²) in [6, 6.07) is 3.52. The van der Waals surface area contributed by atoms with Gasteiger partial charge in [-0.3, -0.25) is 30.4 Å². The van der Waals surface area contributed by atoms with Crippen LogP contribution < -0.4 is 26.3 Å². The Kier molecular flexibility index (Phi) is 13.5. The molecule has 1 aromatic rings. The quantitative estimate of drug-likeness (QED) is 0.227. The number of carbonyl (C=O) groups excluding carboxylic acids is 3. The number of hydrogen-bond donors (Lipinski definition) is 4. The Morgan fingerprint density at radius 3 is 2.47 bits per heavy atom. The minimum atomic E-state index is -4.30. The molecular formula is C44H64F3N9O3. The molecule has 0 bridgehead atoms. The summed E-state index contributed by atoms with van der Waals surface area (Å²) >= 11 is 0. The van der Waals surface area contributed by atoms with Crippen LogP contribution in [0.15, 0.2) is 18.3 Å². The lowest BCUT2D eigenvalue weighted by molar-refractivity contribution is -0.200. The minimum Gasteiger partial charge on any atom is -0.357 e. The lowest BCUT2D eigenvalue weighted by atomic mass is 9.73. The Balaban J connectivity index is 0.763. The van der Waals surface area contributed by atoms with Crippen molar-refractivity contribution in [3.8, 4) is 11.8 Å². The summed E-state index contributed by atoms with van der Waals surface area (Å²) in [5.74, 6) is 5.95. The largest absolute Gasteiger partial charge is 0.392 e. The highest BCUT2D eigenvalue weighted by Gasteiger charge is 2.48. The van der Waals surface area contributed by atoms with E-state index in [1.165, 1.54) is 0 Å². The maximum atomic E-state index is 14.6. The molecule has 5 saturated heterocycles. The second-order valence-corrected chi connectivity index (χ2v) is 18.7. The molecule has 59 heavy (non-hydrogen) atoms. The van der Waals surface area contributed by atoms with E-state index in [0.29, 0.717) is 56.7 Å². The van der Waals surface area contributed by atoms with Gasteiger partial charge in [0.1, 0.15) is 5.82 Å². The van der Waals surface area contributed by atoms with E-state index in [1.807, 2.05) is 12.1 Å². The van der Waals surface area contributed by atoms with Crippen molar-refractivity contribution in [2.75, 3.05) is 70.3 Å². The van der Waals surface area contributed by atoms with Crippen LogP contribution in [0.3, 0.4) is 0 Å². The van der Waals surface area contributed by atoms with Gasteiger partial charge in [-0.15, -0.1) is 0 Å². The predicted molar refractivity (Wildman–Crippen MR) is 218 cm³/mol. The molecule has 8 rings (SSSR count). The molecule has 6 heterocycles. The topological polar surface area (TPSA) is 125 Å². The van der Waals surface area contributed by atoms with Crippen LogP contribution in [-0.4, -0.2) is 127 Å². The van der Waals surface area contributed by atoms with Gasteiger partial charge in [-0.25, -0.2) is 9.99 Å². The van der Waals surface area contributed by atoms with Crippen LogP contribution in [0, 0.1) is 47.3 Å². The number of rotatable bonds is 8. The summed E-state index contributed by atoms with van der Waals surface area (Å²) in [6.45, 7) is 10.4. The van der Waals surface area contributed by atoms with Crippen LogP contribution in [0.25, 0.3) is 0 Å². The molecular weight excluding hydrogens is 760 g/mol. The smallest absolute Gasteiger partial charge is 0.357 e. The van der Waals surface area contributed by atoms with E-state index in [4.69, 9.17) is 0 Å². The molecule has 5 aliphatic heterocycles. The van der Waals surface area contributed by atoms with Crippen LogP contribution >= 0.6 is 0 Å². The summed E-state index contributed by atoms with van der Waals surface area (Å²) in [5.41, 5.74) is 4.37. The normalized spacial score (nSPS) is 34.4. The zero-order valence-electron chi connectivity index (χ0n) is 34.7. The molecule has 0 aromatic carbocycles. The monoisotopic (exact) mass is 824 g/mol. The first kappa shape index (κ1) is 42.4. The first-order valence-corrected chi connectivity index (χ1v) is 22.6. The molecule has 4 N–H and O–H groups in total. The van der Waals surface area contributed by atoms with Crippen molar-refractivity contribution in [3.05, 3.63) is 23.9 Å². The lowest BCUT2D eigenvalue weighted by Crippen LogP contribution is -2.53. The van der Waals surface area contributed by atoms with Crippen molar-refractivity contribution in [2.24, 2.45) is 35.5 Å². The highest BCUT2D eigenvalue weighted by Crippen LogP contribution is 2.43. The Bertz CT molecular complexity index is 1700. The molecule has 2 aliphatic carbocycles. The third-order valence-electron chi connectivity index (χ3n) is 14.8. The van der Waals surface area contributed by atoms with Crippen LogP contribution in [0.4, 0.5) is 19.0 Å². The SMILES string of the molecule is CC1CCC(C(=O)NC2CCC(CN3CCN(CC4CCN(c5cc(C6CCC(=O)NC6=O)ccn5)CC4)CC3)C(C(F)(F)F)C2)CC1C#CC1CNC2CCCNN12. The molecule has 9 atom stereocenters. The average molecular weight is 824 g/mol. The average Bonchev–Trinajstić information content (AvgIpc) is 3.65. The third-order valence-corrected chi connectivity index (χ3v) is 14.8. The van der Waals surface area contributed by atoms with Crippen LogP contribution in [0.1, 0.15) is 95.5 Å². The van der Waals surface area contributed by atoms with Crippen LogP contribution in [0.5, 0.6) is 0 Å². The van der Waals surface area contributed by atoms with Gasteiger partial charge in [0.05, 0.1) is 24.0 Å². The maximum absolute atomic E-state index is 14.6. The number of fused-ring (bicyclic) bond motifs is 1. The summed E-state index contributed by atoms with van der Waals surface area (Å²) < 4.78 is 43.8. The zero-order valence-corrected chi connectivity index (χ0v) is 34.7. The summed E-state index contributed by atoms with van der Waals surface area (Å²) in [6.07, 6.45) is 6.29. The number of pyridine rings is 1. The number of nitrogens with one attached hydrogen (secondary N) is 4. The molecule has 7 aliphatic rings. The molecule has 1 aromatic heterocycles. The fourth-order valence-corrected chi connectivity index (χ4v) is 11.0. The number of aromatic nitrogens is 1. The van der Waals surface area contributed by atoms with Gasteiger partial charge in [0, 0.05) is 95.9 Å². The fourth-order valence-electron chi connectivity index (χ4n) is 11.0. The number of carbonyl (C=O) groups is 3. The number of hydrazine groups is 1. The molecule has 324 valence electrons.